The van der Waals surface area contributed by atoms with E-state index >= 15 is 0 Å². The molecule has 0 radical (unpaired) electrons. The van der Waals surface area contributed by atoms with Gasteiger partial charge in [0, 0.05) is 39.8 Å². The van der Waals surface area contributed by atoms with Crippen LogP contribution in [0.3, 0.4) is 0 Å². The summed E-state index contributed by atoms with van der Waals surface area (Å²) in [6.07, 6.45) is -7.78. The lowest BCUT2D eigenvalue weighted by Crippen LogP contribution is -2.63. The van der Waals surface area contributed by atoms with Gasteiger partial charge in [-0.3, -0.25) is 29.3 Å². The van der Waals surface area contributed by atoms with E-state index in [9.17, 15) is 34.1 Å². The first-order valence-corrected chi connectivity index (χ1v) is 13.0. The maximum absolute atomic E-state index is 12.0. The van der Waals surface area contributed by atoms with E-state index in [1.54, 1.807) is 12.1 Å². The smallest absolute Gasteiger partial charge is 0.463 e. The fourth-order valence-electron chi connectivity index (χ4n) is 3.99. The zero-order valence-corrected chi connectivity index (χ0v) is 24.0. The summed E-state index contributed by atoms with van der Waals surface area (Å²) in [7, 11) is 0. The number of hydrogen-bond acceptors (Lipinski definition) is 15. The van der Waals surface area contributed by atoms with E-state index < -0.39 is 72.3 Å². The van der Waals surface area contributed by atoms with Crippen molar-refractivity contribution >= 4 is 35.7 Å². The van der Waals surface area contributed by atoms with E-state index in [0.717, 1.165) is 27.7 Å². The van der Waals surface area contributed by atoms with Gasteiger partial charge in [0.1, 0.15) is 30.8 Å². The maximum Gasteiger partial charge on any atom is 0.514 e. The fraction of sp³-hybridized carbons (Fsp3) is 0.393. The Balaban J connectivity index is 1.72. The van der Waals surface area contributed by atoms with E-state index in [4.69, 9.17) is 37.9 Å². The summed E-state index contributed by atoms with van der Waals surface area (Å²) >= 11 is 0. The van der Waals surface area contributed by atoms with Crippen LogP contribution in [0.4, 0.5) is 10.5 Å². The summed E-state index contributed by atoms with van der Waals surface area (Å²) in [5, 5.41) is 10.7. The first kappa shape index (κ1) is 33.3. The molecule has 16 nitrogen and oxygen atoms in total. The number of non-ortho nitro benzene ring substituents is 1. The van der Waals surface area contributed by atoms with Gasteiger partial charge in [-0.05, 0) is 29.8 Å². The van der Waals surface area contributed by atoms with Crippen molar-refractivity contribution in [1.29, 1.82) is 0 Å². The number of carbonyl (C=O) groups excluding carboxylic acids is 5. The van der Waals surface area contributed by atoms with Gasteiger partial charge in [-0.2, -0.15) is 0 Å². The lowest BCUT2D eigenvalue weighted by atomic mass is 9.98. The SMILES string of the molecule is CC(=O)OC[C@H]1O[C@@H](Oc2ccc(COC(=O)Oc3ccc([N+](=O)[O-])cc3)cc2)[C@H](OC(C)=O)[C@@H](OC(C)=O)[C@H]1OC(C)=O. The minimum absolute atomic E-state index is 0.0502. The van der Waals surface area contributed by atoms with E-state index in [1.165, 1.54) is 36.4 Å². The van der Waals surface area contributed by atoms with Crippen molar-refractivity contribution in [3.63, 3.8) is 0 Å². The van der Waals surface area contributed by atoms with Gasteiger partial charge >= 0.3 is 30.0 Å². The van der Waals surface area contributed by atoms with Gasteiger partial charge in [0.05, 0.1) is 4.92 Å². The van der Waals surface area contributed by atoms with E-state index in [1.807, 2.05) is 0 Å². The zero-order valence-electron chi connectivity index (χ0n) is 24.0. The highest BCUT2D eigenvalue weighted by Crippen LogP contribution is 2.31. The van der Waals surface area contributed by atoms with Gasteiger partial charge in [-0.25, -0.2) is 4.79 Å². The molecule has 0 spiro atoms. The molecule has 1 fully saturated rings. The minimum Gasteiger partial charge on any atom is -0.463 e. The number of carbonyl (C=O) groups is 5. The number of benzene rings is 2. The van der Waals surface area contributed by atoms with Crippen LogP contribution < -0.4 is 9.47 Å². The molecule has 1 heterocycles. The molecule has 2 aromatic carbocycles. The molecule has 5 atom stereocenters. The van der Waals surface area contributed by atoms with Crippen LogP contribution in [-0.2, 0) is 54.2 Å². The van der Waals surface area contributed by atoms with Crippen LogP contribution in [0.5, 0.6) is 11.5 Å². The zero-order chi connectivity index (χ0) is 32.4. The molecule has 0 saturated carbocycles. The van der Waals surface area contributed by atoms with Gasteiger partial charge in [-0.1, -0.05) is 12.1 Å². The third-order valence-electron chi connectivity index (χ3n) is 5.73. The molecule has 236 valence electrons. The molecule has 0 aliphatic carbocycles. The Labute approximate surface area is 250 Å². The average molecular weight is 620 g/mol. The summed E-state index contributed by atoms with van der Waals surface area (Å²) in [5.41, 5.74) is 0.344. The number of nitro benzene ring substituents is 1. The molecule has 0 amide bonds. The molecule has 3 rings (SSSR count). The highest BCUT2D eigenvalue weighted by atomic mass is 16.7. The summed E-state index contributed by atoms with van der Waals surface area (Å²) in [5.74, 6) is -2.76. The predicted octanol–water partition coefficient (Wildman–Crippen LogP) is 2.77. The van der Waals surface area contributed by atoms with Crippen molar-refractivity contribution in [2.75, 3.05) is 6.61 Å². The van der Waals surface area contributed by atoms with Crippen LogP contribution in [0.1, 0.15) is 33.3 Å². The highest BCUT2D eigenvalue weighted by molar-refractivity contribution is 5.69. The second-order valence-corrected chi connectivity index (χ2v) is 9.22. The van der Waals surface area contributed by atoms with Gasteiger partial charge in [0.25, 0.3) is 5.69 Å². The Kier molecular flexibility index (Phi) is 11.6. The molecule has 0 N–H and O–H groups in total. The number of ether oxygens (including phenoxy) is 8. The molecule has 0 aromatic heterocycles. The summed E-state index contributed by atoms with van der Waals surface area (Å²) in [4.78, 5) is 69.4. The molecule has 2 aromatic rings. The number of rotatable bonds is 11. The molecular weight excluding hydrogens is 590 g/mol. The first-order chi connectivity index (χ1) is 20.8. The largest absolute Gasteiger partial charge is 0.514 e. The highest BCUT2D eigenvalue weighted by Gasteiger charge is 2.53. The predicted molar refractivity (Wildman–Crippen MR) is 143 cm³/mol. The van der Waals surface area contributed by atoms with Crippen molar-refractivity contribution in [3.05, 3.63) is 64.2 Å². The quantitative estimate of drug-likeness (QED) is 0.117. The molecule has 1 aliphatic rings. The molecule has 0 unspecified atom stereocenters. The summed E-state index contributed by atoms with van der Waals surface area (Å²) in [6.45, 7) is 3.86. The standard InChI is InChI=1S/C28H29NO15/c1-15(30)37-14-23-24(39-16(2)31)25(40-17(3)32)26(41-18(4)33)27(44-23)42-21-9-5-19(6-10-21)13-38-28(34)43-22-11-7-20(8-12-22)29(35)36/h5-12,23-27H,13-14H2,1-4H3/t23-,24+,25+,26-,27-/m1/s1. The van der Waals surface area contributed by atoms with Crippen LogP contribution >= 0.6 is 0 Å². The van der Waals surface area contributed by atoms with Crippen molar-refractivity contribution < 1.29 is 66.8 Å². The summed E-state index contributed by atoms with van der Waals surface area (Å²) < 4.78 is 42.9. The Hall–Kier alpha value is -5.25. The second-order valence-electron chi connectivity index (χ2n) is 9.22. The van der Waals surface area contributed by atoms with Crippen LogP contribution in [0.2, 0.25) is 0 Å². The van der Waals surface area contributed by atoms with Crippen molar-refractivity contribution in [1.82, 2.24) is 0 Å². The Morgan fingerprint density at radius 1 is 0.727 bits per heavy atom. The van der Waals surface area contributed by atoms with E-state index in [2.05, 4.69) is 0 Å². The number of hydrogen-bond donors (Lipinski definition) is 0. The second kappa shape index (κ2) is 15.3. The number of nitrogens with zero attached hydrogens (tertiary/aromatic N) is 1. The molecule has 1 saturated heterocycles. The van der Waals surface area contributed by atoms with E-state index in [0.29, 0.717) is 5.56 Å². The average Bonchev–Trinajstić information content (AvgIpc) is 2.94. The minimum atomic E-state index is -1.42. The number of esters is 4. The Bertz CT molecular complexity index is 1360. The van der Waals surface area contributed by atoms with Crippen LogP contribution in [-0.4, -0.2) is 72.3 Å². The molecule has 16 heteroatoms. The normalized spacial score (nSPS) is 20.8. The van der Waals surface area contributed by atoms with Gasteiger partial charge in [0.15, 0.2) is 12.2 Å². The van der Waals surface area contributed by atoms with Crippen molar-refractivity contribution in [3.8, 4) is 11.5 Å². The fourth-order valence-corrected chi connectivity index (χ4v) is 3.99. The van der Waals surface area contributed by atoms with Gasteiger partial charge in [0.2, 0.25) is 12.4 Å². The Morgan fingerprint density at radius 2 is 1.27 bits per heavy atom. The topological polar surface area (TPSA) is 202 Å². The Morgan fingerprint density at radius 3 is 1.82 bits per heavy atom. The molecular formula is C28H29NO15. The maximum atomic E-state index is 12.0. The van der Waals surface area contributed by atoms with Crippen LogP contribution in [0.15, 0.2) is 48.5 Å². The van der Waals surface area contributed by atoms with Crippen molar-refractivity contribution in [2.24, 2.45) is 0 Å². The van der Waals surface area contributed by atoms with Gasteiger partial charge < -0.3 is 37.9 Å². The third-order valence-corrected chi connectivity index (χ3v) is 5.73. The first-order valence-electron chi connectivity index (χ1n) is 13.0. The molecule has 1 aliphatic heterocycles. The van der Waals surface area contributed by atoms with Gasteiger partial charge in [-0.15, -0.1) is 0 Å². The third kappa shape index (κ3) is 9.94. The lowest BCUT2D eigenvalue weighted by Gasteiger charge is -2.43. The number of nitro groups is 1. The van der Waals surface area contributed by atoms with Crippen LogP contribution in [0, 0.1) is 10.1 Å². The molecule has 0 bridgehead atoms. The van der Waals surface area contributed by atoms with Crippen LogP contribution in [0.25, 0.3) is 0 Å². The molecule has 44 heavy (non-hydrogen) atoms. The summed E-state index contributed by atoms with van der Waals surface area (Å²) in [6, 6.07) is 10.9. The monoisotopic (exact) mass is 619 g/mol. The van der Waals surface area contributed by atoms with E-state index in [-0.39, 0.29) is 23.8 Å². The van der Waals surface area contributed by atoms with Crippen molar-refractivity contribution in [2.45, 2.75) is 65.0 Å². The lowest BCUT2D eigenvalue weighted by molar-refractivity contribution is -0.384.